The van der Waals surface area contributed by atoms with Crippen molar-refractivity contribution in [1.29, 1.82) is 0 Å². The van der Waals surface area contributed by atoms with Crippen LogP contribution in [0.25, 0.3) is 0 Å². The van der Waals surface area contributed by atoms with Crippen LogP contribution in [0.15, 0.2) is 21.8 Å². The lowest BCUT2D eigenvalue weighted by Crippen LogP contribution is -2.52. The number of hydrogen-bond acceptors (Lipinski definition) is 6. The number of nitrogens with zero attached hydrogens (tertiary/aromatic N) is 4. The smallest absolute Gasteiger partial charge is 0.193 e. The Labute approximate surface area is 137 Å². The van der Waals surface area contributed by atoms with Gasteiger partial charge in [-0.05, 0) is 0 Å². The topological polar surface area (TPSA) is 91.0 Å². The van der Waals surface area contributed by atoms with Crippen molar-refractivity contribution in [2.75, 3.05) is 51.3 Å². The highest BCUT2D eigenvalue weighted by molar-refractivity contribution is 7.91. The summed E-state index contributed by atoms with van der Waals surface area (Å²) < 4.78 is 27.9. The van der Waals surface area contributed by atoms with Gasteiger partial charge in [-0.1, -0.05) is 12.1 Å². The first-order chi connectivity index (χ1) is 11.0. The molecule has 9 heteroatoms. The molecule has 1 aromatic rings. The predicted octanol–water partition coefficient (Wildman–Crippen LogP) is -0.198. The van der Waals surface area contributed by atoms with E-state index in [1.54, 1.807) is 20.2 Å². The number of aliphatic imine (C=N–C) groups is 1. The molecule has 0 amide bonds. The first kappa shape index (κ1) is 17.7. The molecule has 0 unspecified atom stereocenters. The van der Waals surface area contributed by atoms with E-state index in [1.807, 2.05) is 6.07 Å². The lowest BCUT2D eigenvalue weighted by Gasteiger charge is -2.36. The van der Waals surface area contributed by atoms with Crippen LogP contribution in [0.3, 0.4) is 0 Å². The van der Waals surface area contributed by atoms with E-state index < -0.39 is 9.84 Å². The van der Waals surface area contributed by atoms with Gasteiger partial charge in [-0.2, -0.15) is 0 Å². The molecule has 2 heterocycles. The number of nitrogens with one attached hydrogen (secondary N) is 1. The Kier molecular flexibility index (Phi) is 6.40. The first-order valence-corrected chi connectivity index (χ1v) is 9.64. The van der Waals surface area contributed by atoms with Crippen LogP contribution in [-0.2, 0) is 16.4 Å². The Hall–Kier alpha value is -1.61. The molecule has 8 nitrogen and oxygen atoms in total. The van der Waals surface area contributed by atoms with Crippen molar-refractivity contribution in [1.82, 2.24) is 20.3 Å². The van der Waals surface area contributed by atoms with Crippen LogP contribution in [0.1, 0.15) is 12.6 Å². The summed E-state index contributed by atoms with van der Waals surface area (Å²) in [6.45, 7) is 6.34. The predicted molar refractivity (Wildman–Crippen MR) is 89.0 cm³/mol. The van der Waals surface area contributed by atoms with Crippen molar-refractivity contribution in [2.24, 2.45) is 4.99 Å². The minimum absolute atomic E-state index is 0.134. The van der Waals surface area contributed by atoms with Crippen LogP contribution < -0.4 is 5.32 Å². The number of guanidine groups is 1. The molecule has 1 aromatic heterocycles. The molecule has 1 fully saturated rings. The van der Waals surface area contributed by atoms with Gasteiger partial charge in [0.25, 0.3) is 0 Å². The average molecular weight is 343 g/mol. The fourth-order valence-electron chi connectivity index (χ4n) is 2.46. The fraction of sp³-hybridized carbons (Fsp3) is 0.714. The van der Waals surface area contributed by atoms with E-state index in [9.17, 15) is 8.42 Å². The standard InChI is InChI=1S/C14H25N5O3S/c1-3-23(20,21)11-5-16-14(15-2)19-8-6-18(7-9-19)12-13-4-10-22-17-13/h4,10H,3,5-9,11-12H2,1-2H3,(H,15,16). The molecular weight excluding hydrogens is 318 g/mol. The minimum Gasteiger partial charge on any atom is -0.364 e. The number of aromatic nitrogens is 1. The minimum atomic E-state index is -2.95. The Balaban J connectivity index is 1.76. The molecule has 0 aliphatic carbocycles. The maximum absolute atomic E-state index is 11.5. The molecule has 0 spiro atoms. The van der Waals surface area contributed by atoms with Crippen molar-refractivity contribution in [3.05, 3.63) is 18.0 Å². The van der Waals surface area contributed by atoms with Crippen LogP contribution in [0, 0.1) is 0 Å². The summed E-state index contributed by atoms with van der Waals surface area (Å²) >= 11 is 0. The summed E-state index contributed by atoms with van der Waals surface area (Å²) in [5.41, 5.74) is 0.936. The quantitative estimate of drug-likeness (QED) is 0.565. The van der Waals surface area contributed by atoms with E-state index >= 15 is 0 Å². The SMILES string of the molecule is CCS(=O)(=O)CCNC(=NC)N1CCN(Cc2ccon2)CC1. The second-order valence-electron chi connectivity index (χ2n) is 5.46. The summed E-state index contributed by atoms with van der Waals surface area (Å²) in [5, 5.41) is 7.07. The van der Waals surface area contributed by atoms with Gasteiger partial charge in [-0.25, -0.2) is 8.42 Å². The third-order valence-corrected chi connectivity index (χ3v) is 5.60. The highest BCUT2D eigenvalue weighted by Crippen LogP contribution is 2.07. The van der Waals surface area contributed by atoms with Gasteiger partial charge in [0.15, 0.2) is 15.8 Å². The monoisotopic (exact) mass is 343 g/mol. The van der Waals surface area contributed by atoms with E-state index in [2.05, 4.69) is 25.3 Å². The van der Waals surface area contributed by atoms with Crippen molar-refractivity contribution in [2.45, 2.75) is 13.5 Å². The van der Waals surface area contributed by atoms with Gasteiger partial charge in [-0.15, -0.1) is 0 Å². The lowest BCUT2D eigenvalue weighted by atomic mass is 10.3. The summed E-state index contributed by atoms with van der Waals surface area (Å²) in [6.07, 6.45) is 1.59. The molecule has 0 radical (unpaired) electrons. The summed E-state index contributed by atoms with van der Waals surface area (Å²) in [4.78, 5) is 8.71. The van der Waals surface area contributed by atoms with Crippen LogP contribution in [0.4, 0.5) is 0 Å². The Morgan fingerprint density at radius 3 is 2.70 bits per heavy atom. The van der Waals surface area contributed by atoms with Crippen molar-refractivity contribution >= 4 is 15.8 Å². The Morgan fingerprint density at radius 1 is 1.39 bits per heavy atom. The third kappa shape index (κ3) is 5.51. The summed E-state index contributed by atoms with van der Waals surface area (Å²) in [7, 11) is -1.23. The highest BCUT2D eigenvalue weighted by Gasteiger charge is 2.20. The first-order valence-electron chi connectivity index (χ1n) is 7.81. The van der Waals surface area contributed by atoms with Gasteiger partial charge in [0.2, 0.25) is 0 Å². The zero-order valence-electron chi connectivity index (χ0n) is 13.7. The van der Waals surface area contributed by atoms with Gasteiger partial charge in [0.1, 0.15) is 6.26 Å². The van der Waals surface area contributed by atoms with Crippen LogP contribution >= 0.6 is 0 Å². The van der Waals surface area contributed by atoms with Gasteiger partial charge >= 0.3 is 0 Å². The van der Waals surface area contributed by atoms with Crippen molar-refractivity contribution < 1.29 is 12.9 Å². The number of hydrogen-bond donors (Lipinski definition) is 1. The largest absolute Gasteiger partial charge is 0.364 e. The molecule has 0 aromatic carbocycles. The van der Waals surface area contributed by atoms with Gasteiger partial charge < -0.3 is 14.7 Å². The molecule has 130 valence electrons. The number of sulfone groups is 1. The Morgan fingerprint density at radius 2 is 2.13 bits per heavy atom. The zero-order valence-corrected chi connectivity index (χ0v) is 14.5. The molecule has 1 aliphatic heterocycles. The molecule has 2 rings (SSSR count). The summed E-state index contributed by atoms with van der Waals surface area (Å²) in [6, 6.07) is 1.88. The molecule has 0 bridgehead atoms. The lowest BCUT2D eigenvalue weighted by molar-refractivity contribution is 0.169. The van der Waals surface area contributed by atoms with Crippen LogP contribution in [-0.4, -0.2) is 80.6 Å². The molecule has 23 heavy (non-hydrogen) atoms. The van der Waals surface area contributed by atoms with E-state index in [0.29, 0.717) is 6.54 Å². The summed E-state index contributed by atoms with van der Waals surface area (Å²) in [5.74, 6) is 1.07. The normalized spacial score (nSPS) is 17.5. The van der Waals surface area contributed by atoms with Crippen molar-refractivity contribution in [3.8, 4) is 0 Å². The van der Waals surface area contributed by atoms with E-state index in [0.717, 1.165) is 44.4 Å². The maximum Gasteiger partial charge on any atom is 0.193 e. The van der Waals surface area contributed by atoms with Gasteiger partial charge in [-0.3, -0.25) is 9.89 Å². The Bertz CT molecular complexity index is 592. The molecule has 1 aliphatic rings. The molecule has 1 saturated heterocycles. The van der Waals surface area contributed by atoms with Gasteiger partial charge in [0.05, 0.1) is 11.4 Å². The number of piperazine rings is 1. The van der Waals surface area contributed by atoms with Crippen molar-refractivity contribution in [3.63, 3.8) is 0 Å². The van der Waals surface area contributed by atoms with E-state index in [4.69, 9.17) is 4.52 Å². The zero-order chi connectivity index (χ0) is 16.7. The highest BCUT2D eigenvalue weighted by atomic mass is 32.2. The van der Waals surface area contributed by atoms with Crippen LogP contribution in [0.5, 0.6) is 0 Å². The molecular formula is C14H25N5O3S. The molecule has 0 atom stereocenters. The molecule has 0 saturated carbocycles. The maximum atomic E-state index is 11.5. The number of rotatable bonds is 6. The average Bonchev–Trinajstić information content (AvgIpc) is 3.05. The second kappa shape index (κ2) is 8.30. The van der Waals surface area contributed by atoms with E-state index in [1.165, 1.54) is 0 Å². The van der Waals surface area contributed by atoms with Gasteiger partial charge in [0, 0.05) is 58.1 Å². The van der Waals surface area contributed by atoms with E-state index in [-0.39, 0.29) is 11.5 Å². The fourth-order valence-corrected chi connectivity index (χ4v) is 3.16. The third-order valence-electron chi connectivity index (χ3n) is 3.90. The second-order valence-corrected chi connectivity index (χ2v) is 7.94. The molecule has 1 N–H and O–H groups in total. The van der Waals surface area contributed by atoms with Crippen LogP contribution in [0.2, 0.25) is 0 Å².